The Morgan fingerprint density at radius 2 is 1.90 bits per heavy atom. The number of phenolic OH excluding ortho intramolecular Hbond substituents is 1. The van der Waals surface area contributed by atoms with Crippen LogP contribution in [0.3, 0.4) is 0 Å². The van der Waals surface area contributed by atoms with E-state index < -0.39 is 5.97 Å². The first kappa shape index (κ1) is 13.7. The second-order valence-corrected chi connectivity index (χ2v) is 4.41. The Balaban J connectivity index is 2.24. The number of hydrogen-bond acceptors (Lipinski definition) is 3. The zero-order valence-corrected chi connectivity index (χ0v) is 11.0. The molecule has 0 fully saturated rings. The van der Waals surface area contributed by atoms with Gasteiger partial charge in [-0.15, -0.1) is 0 Å². The number of nitrogens with one attached hydrogen (secondary N) is 1. The molecule has 0 bridgehead atoms. The van der Waals surface area contributed by atoms with Gasteiger partial charge < -0.3 is 20.1 Å². The molecule has 0 aliphatic carbocycles. The summed E-state index contributed by atoms with van der Waals surface area (Å²) < 4.78 is 1.72. The van der Waals surface area contributed by atoms with Crippen LogP contribution in [0.5, 0.6) is 5.75 Å². The minimum Gasteiger partial charge on any atom is -0.506 e. The third-order valence-electron chi connectivity index (χ3n) is 3.10. The molecule has 0 aliphatic rings. The van der Waals surface area contributed by atoms with E-state index in [1.54, 1.807) is 17.7 Å². The third-order valence-corrected chi connectivity index (χ3v) is 3.10. The van der Waals surface area contributed by atoms with Gasteiger partial charge in [0.1, 0.15) is 11.4 Å². The molecule has 6 heteroatoms. The Hall–Kier alpha value is -2.76. The lowest BCUT2D eigenvalue weighted by molar-refractivity contribution is 0.0696. The average molecular weight is 274 g/mol. The lowest BCUT2D eigenvalue weighted by Gasteiger charge is -2.09. The van der Waals surface area contributed by atoms with Crippen LogP contribution in [0, 0.1) is 6.92 Å². The van der Waals surface area contributed by atoms with Crippen molar-refractivity contribution in [1.82, 2.24) is 4.57 Å². The molecule has 3 N–H and O–H groups in total. The first-order chi connectivity index (χ1) is 9.40. The number of amides is 1. The fourth-order valence-electron chi connectivity index (χ4n) is 1.80. The van der Waals surface area contributed by atoms with Gasteiger partial charge in [-0.3, -0.25) is 4.79 Å². The molecule has 1 heterocycles. The summed E-state index contributed by atoms with van der Waals surface area (Å²) in [4.78, 5) is 22.8. The molecule has 0 saturated heterocycles. The normalized spacial score (nSPS) is 10.3. The van der Waals surface area contributed by atoms with Crippen LogP contribution in [0.1, 0.15) is 26.5 Å². The highest BCUT2D eigenvalue weighted by Crippen LogP contribution is 2.25. The lowest BCUT2D eigenvalue weighted by atomic mass is 10.2. The first-order valence-corrected chi connectivity index (χ1v) is 5.90. The molecule has 0 atom stereocenters. The van der Waals surface area contributed by atoms with Crippen LogP contribution in [0.25, 0.3) is 0 Å². The summed E-state index contributed by atoms with van der Waals surface area (Å²) in [5, 5.41) is 21.1. The molecule has 2 rings (SSSR count). The number of carbonyl (C=O) groups excluding carboxylic acids is 1. The van der Waals surface area contributed by atoms with E-state index in [0.29, 0.717) is 5.69 Å². The summed E-state index contributed by atoms with van der Waals surface area (Å²) in [5.41, 5.74) is 1.50. The van der Waals surface area contributed by atoms with Gasteiger partial charge in [-0.2, -0.15) is 0 Å². The van der Waals surface area contributed by atoms with Crippen molar-refractivity contribution in [2.75, 3.05) is 5.32 Å². The van der Waals surface area contributed by atoms with Gasteiger partial charge in [0.05, 0.1) is 11.3 Å². The number of aryl methyl sites for hydroxylation is 1. The molecule has 1 aromatic carbocycles. The summed E-state index contributed by atoms with van der Waals surface area (Å²) >= 11 is 0. The maximum Gasteiger partial charge on any atom is 0.335 e. The van der Waals surface area contributed by atoms with Crippen molar-refractivity contribution >= 4 is 17.6 Å². The number of phenols is 1. The van der Waals surface area contributed by atoms with Crippen LogP contribution in [0.4, 0.5) is 5.69 Å². The van der Waals surface area contributed by atoms with Gasteiger partial charge in [-0.1, -0.05) is 0 Å². The fraction of sp³-hybridized carbons (Fsp3) is 0.143. The molecule has 0 unspecified atom stereocenters. The highest BCUT2D eigenvalue weighted by atomic mass is 16.4. The smallest absolute Gasteiger partial charge is 0.335 e. The summed E-state index contributed by atoms with van der Waals surface area (Å²) in [6.07, 6.45) is 0. The van der Waals surface area contributed by atoms with Gasteiger partial charge in [0.25, 0.3) is 5.91 Å². The number of rotatable bonds is 3. The zero-order chi connectivity index (χ0) is 14.9. The van der Waals surface area contributed by atoms with E-state index in [4.69, 9.17) is 5.11 Å². The Labute approximate surface area is 115 Å². The number of aromatic carboxylic acids is 1. The van der Waals surface area contributed by atoms with Gasteiger partial charge in [-0.25, -0.2) is 4.79 Å². The molecule has 0 spiro atoms. The number of carboxylic acids is 1. The second kappa shape index (κ2) is 5.08. The number of hydrogen-bond donors (Lipinski definition) is 3. The highest BCUT2D eigenvalue weighted by molar-refractivity contribution is 6.04. The van der Waals surface area contributed by atoms with Crippen molar-refractivity contribution in [3.8, 4) is 5.75 Å². The predicted molar refractivity (Wildman–Crippen MR) is 73.2 cm³/mol. The molecular formula is C14H14N2O4. The van der Waals surface area contributed by atoms with Crippen molar-refractivity contribution in [2.24, 2.45) is 7.05 Å². The van der Waals surface area contributed by atoms with E-state index in [0.717, 1.165) is 11.8 Å². The molecule has 1 amide bonds. The SMILES string of the molecule is Cc1ccc(C(=O)Nc2ccc(C(=O)O)cc2O)n1C. The van der Waals surface area contributed by atoms with E-state index in [1.165, 1.54) is 12.1 Å². The molecular weight excluding hydrogens is 260 g/mol. The number of carboxylic acid groups (broad SMARTS) is 1. The van der Waals surface area contributed by atoms with Gasteiger partial charge >= 0.3 is 5.97 Å². The number of anilines is 1. The maximum absolute atomic E-state index is 12.1. The van der Waals surface area contributed by atoms with Crippen molar-refractivity contribution in [1.29, 1.82) is 0 Å². The standard InChI is InChI=1S/C14H14N2O4/c1-8-3-6-11(16(8)2)13(18)15-10-5-4-9(14(19)20)7-12(10)17/h3-7,17H,1-2H3,(H,15,18)(H,19,20). The largest absolute Gasteiger partial charge is 0.506 e. The quantitative estimate of drug-likeness (QED) is 0.746. The van der Waals surface area contributed by atoms with E-state index in [1.807, 2.05) is 13.0 Å². The molecule has 2 aromatic rings. The minimum atomic E-state index is -1.14. The van der Waals surface area contributed by atoms with E-state index in [2.05, 4.69) is 5.32 Å². The Kier molecular flexibility index (Phi) is 3.47. The van der Waals surface area contributed by atoms with Crippen LogP contribution >= 0.6 is 0 Å². The third kappa shape index (κ3) is 2.49. The second-order valence-electron chi connectivity index (χ2n) is 4.41. The predicted octanol–water partition coefficient (Wildman–Crippen LogP) is 1.99. The molecule has 0 aliphatic heterocycles. The maximum atomic E-state index is 12.1. The van der Waals surface area contributed by atoms with Crippen molar-refractivity contribution < 1.29 is 19.8 Å². The molecule has 104 valence electrons. The molecule has 20 heavy (non-hydrogen) atoms. The Morgan fingerprint density at radius 1 is 1.20 bits per heavy atom. The summed E-state index contributed by atoms with van der Waals surface area (Å²) in [5.74, 6) is -1.81. The Bertz CT molecular complexity index is 688. The average Bonchev–Trinajstić information content (AvgIpc) is 2.72. The number of aromatic nitrogens is 1. The monoisotopic (exact) mass is 274 g/mol. The molecule has 1 aromatic heterocycles. The number of aromatic hydroxyl groups is 1. The van der Waals surface area contributed by atoms with Crippen LogP contribution in [0.2, 0.25) is 0 Å². The highest BCUT2D eigenvalue weighted by Gasteiger charge is 2.14. The van der Waals surface area contributed by atoms with Crippen molar-refractivity contribution in [2.45, 2.75) is 6.92 Å². The fourth-order valence-corrected chi connectivity index (χ4v) is 1.80. The number of nitrogens with zero attached hydrogens (tertiary/aromatic N) is 1. The Morgan fingerprint density at radius 3 is 2.40 bits per heavy atom. The zero-order valence-electron chi connectivity index (χ0n) is 11.0. The molecule has 6 nitrogen and oxygen atoms in total. The van der Waals surface area contributed by atoms with Gasteiger partial charge in [-0.05, 0) is 37.3 Å². The van der Waals surface area contributed by atoms with Crippen molar-refractivity contribution in [3.63, 3.8) is 0 Å². The van der Waals surface area contributed by atoms with Crippen molar-refractivity contribution in [3.05, 3.63) is 47.3 Å². The minimum absolute atomic E-state index is 0.0461. The van der Waals surface area contributed by atoms with Crippen LogP contribution in [-0.2, 0) is 7.05 Å². The van der Waals surface area contributed by atoms with Gasteiger partial charge in [0, 0.05) is 12.7 Å². The van der Waals surface area contributed by atoms with E-state index >= 15 is 0 Å². The van der Waals surface area contributed by atoms with Crippen LogP contribution in [0.15, 0.2) is 30.3 Å². The van der Waals surface area contributed by atoms with Gasteiger partial charge in [0.15, 0.2) is 0 Å². The molecule has 0 saturated carbocycles. The van der Waals surface area contributed by atoms with Crippen LogP contribution < -0.4 is 5.32 Å². The summed E-state index contributed by atoms with van der Waals surface area (Å²) in [6.45, 7) is 1.87. The van der Waals surface area contributed by atoms with Gasteiger partial charge in [0.2, 0.25) is 0 Å². The molecule has 0 radical (unpaired) electrons. The first-order valence-electron chi connectivity index (χ1n) is 5.90. The summed E-state index contributed by atoms with van der Waals surface area (Å²) in [6, 6.07) is 7.24. The lowest BCUT2D eigenvalue weighted by Crippen LogP contribution is -2.16. The number of carbonyl (C=O) groups is 2. The van der Waals surface area contributed by atoms with E-state index in [9.17, 15) is 14.7 Å². The number of benzene rings is 1. The van der Waals surface area contributed by atoms with Crippen LogP contribution in [-0.4, -0.2) is 26.7 Å². The van der Waals surface area contributed by atoms with E-state index in [-0.39, 0.29) is 22.9 Å². The topological polar surface area (TPSA) is 91.6 Å². The summed E-state index contributed by atoms with van der Waals surface area (Å²) in [7, 11) is 1.76.